The van der Waals surface area contributed by atoms with E-state index in [1.165, 1.54) is 11.3 Å². The van der Waals surface area contributed by atoms with E-state index in [-0.39, 0.29) is 0 Å². The van der Waals surface area contributed by atoms with Crippen LogP contribution in [0.5, 0.6) is 0 Å². The number of aryl methyl sites for hydroxylation is 1. The molecule has 0 aromatic carbocycles. The summed E-state index contributed by atoms with van der Waals surface area (Å²) in [7, 11) is 0. The number of rotatable bonds is 1. The van der Waals surface area contributed by atoms with Gasteiger partial charge in [0, 0.05) is 10.4 Å². The predicted octanol–water partition coefficient (Wildman–Crippen LogP) is 2.77. The molecule has 4 heteroatoms. The van der Waals surface area contributed by atoms with E-state index in [2.05, 4.69) is 6.07 Å². The lowest BCUT2D eigenvalue weighted by Gasteiger charge is -1.90. The highest BCUT2D eigenvalue weighted by atomic mass is 32.1. The maximum Gasteiger partial charge on any atom is 0.128 e. The molecule has 0 aliphatic heterocycles. The second-order valence-corrected chi connectivity index (χ2v) is 3.95. The van der Waals surface area contributed by atoms with Crippen molar-refractivity contribution in [1.82, 2.24) is 0 Å². The van der Waals surface area contributed by atoms with Crippen molar-refractivity contribution in [3.8, 4) is 16.5 Å². The standard InChI is InChI=1S/C10H8N2OS/c1-6-7(2-3-13-6)9-4-8(12)10(5-11)14-9/h2-4H,12H2,1H3. The number of nitrogens with two attached hydrogens (primary N) is 1. The van der Waals surface area contributed by atoms with Crippen molar-refractivity contribution < 1.29 is 4.42 Å². The molecule has 2 rings (SSSR count). The molecule has 2 aromatic rings. The lowest BCUT2D eigenvalue weighted by atomic mass is 10.2. The molecule has 0 radical (unpaired) electrons. The Morgan fingerprint density at radius 3 is 2.86 bits per heavy atom. The molecule has 0 aliphatic carbocycles. The number of nitrogen functional groups attached to an aromatic ring is 1. The summed E-state index contributed by atoms with van der Waals surface area (Å²) in [5.74, 6) is 0.843. The Labute approximate surface area is 85.4 Å². The van der Waals surface area contributed by atoms with Crippen LogP contribution < -0.4 is 5.73 Å². The fourth-order valence-electron chi connectivity index (χ4n) is 1.27. The molecule has 2 N–H and O–H groups in total. The van der Waals surface area contributed by atoms with Crippen LogP contribution in [0.25, 0.3) is 10.4 Å². The first-order valence-corrected chi connectivity index (χ1v) is 4.88. The fraction of sp³-hybridized carbons (Fsp3) is 0.100. The monoisotopic (exact) mass is 204 g/mol. The van der Waals surface area contributed by atoms with Crippen molar-refractivity contribution in [3.05, 3.63) is 29.0 Å². The van der Waals surface area contributed by atoms with Crippen LogP contribution in [0.1, 0.15) is 10.6 Å². The summed E-state index contributed by atoms with van der Waals surface area (Å²) >= 11 is 1.39. The van der Waals surface area contributed by atoms with Gasteiger partial charge in [0.15, 0.2) is 0 Å². The number of nitrogens with zero attached hydrogens (tertiary/aromatic N) is 1. The maximum atomic E-state index is 8.76. The van der Waals surface area contributed by atoms with E-state index in [0.29, 0.717) is 10.6 Å². The Morgan fingerprint density at radius 2 is 2.36 bits per heavy atom. The van der Waals surface area contributed by atoms with Crippen molar-refractivity contribution in [1.29, 1.82) is 5.26 Å². The molecule has 0 spiro atoms. The summed E-state index contributed by atoms with van der Waals surface area (Å²) in [5.41, 5.74) is 7.20. The smallest absolute Gasteiger partial charge is 0.128 e. The minimum atomic E-state index is 0.535. The minimum absolute atomic E-state index is 0.535. The zero-order chi connectivity index (χ0) is 10.1. The molecule has 3 nitrogen and oxygen atoms in total. The van der Waals surface area contributed by atoms with Crippen LogP contribution >= 0.6 is 11.3 Å². The van der Waals surface area contributed by atoms with Gasteiger partial charge in [-0.3, -0.25) is 0 Å². The van der Waals surface area contributed by atoms with Crippen LogP contribution in [0, 0.1) is 18.3 Å². The van der Waals surface area contributed by atoms with Crippen LogP contribution in [0.15, 0.2) is 22.8 Å². The first kappa shape index (κ1) is 8.85. The van der Waals surface area contributed by atoms with Crippen molar-refractivity contribution in [2.75, 3.05) is 5.73 Å². The van der Waals surface area contributed by atoms with Crippen LogP contribution in [0.2, 0.25) is 0 Å². The van der Waals surface area contributed by atoms with Gasteiger partial charge in [0.25, 0.3) is 0 Å². The van der Waals surface area contributed by atoms with Gasteiger partial charge in [-0.05, 0) is 19.1 Å². The third-order valence-corrected chi connectivity index (χ3v) is 3.08. The first-order chi connectivity index (χ1) is 6.72. The largest absolute Gasteiger partial charge is 0.469 e. The molecule has 0 saturated heterocycles. The van der Waals surface area contributed by atoms with E-state index in [1.807, 2.05) is 13.0 Å². The second-order valence-electron chi connectivity index (χ2n) is 2.90. The zero-order valence-electron chi connectivity index (χ0n) is 7.57. The van der Waals surface area contributed by atoms with Crippen LogP contribution in [-0.2, 0) is 0 Å². The molecule has 0 atom stereocenters. The maximum absolute atomic E-state index is 8.76. The quantitative estimate of drug-likeness (QED) is 0.776. The van der Waals surface area contributed by atoms with Crippen molar-refractivity contribution in [2.45, 2.75) is 6.92 Å². The fourth-order valence-corrected chi connectivity index (χ4v) is 2.22. The van der Waals surface area contributed by atoms with Gasteiger partial charge in [0.05, 0.1) is 12.0 Å². The Bertz CT molecular complexity index is 504. The van der Waals surface area contributed by atoms with Gasteiger partial charge in [-0.1, -0.05) is 0 Å². The number of hydrogen-bond donors (Lipinski definition) is 1. The van der Waals surface area contributed by atoms with Gasteiger partial charge >= 0.3 is 0 Å². The average Bonchev–Trinajstić information content (AvgIpc) is 2.71. The summed E-state index contributed by atoms with van der Waals surface area (Å²) < 4.78 is 5.18. The number of nitriles is 1. The topological polar surface area (TPSA) is 62.9 Å². The van der Waals surface area contributed by atoms with Crippen molar-refractivity contribution in [2.24, 2.45) is 0 Å². The predicted molar refractivity (Wildman–Crippen MR) is 55.9 cm³/mol. The van der Waals surface area contributed by atoms with E-state index < -0.39 is 0 Å². The minimum Gasteiger partial charge on any atom is -0.469 e. The molecule has 0 saturated carbocycles. The third-order valence-electron chi connectivity index (χ3n) is 1.99. The van der Waals surface area contributed by atoms with Crippen molar-refractivity contribution in [3.63, 3.8) is 0 Å². The Hall–Kier alpha value is -1.73. The molecule has 0 unspecified atom stereocenters. The zero-order valence-corrected chi connectivity index (χ0v) is 8.39. The molecule has 2 aromatic heterocycles. The Morgan fingerprint density at radius 1 is 1.57 bits per heavy atom. The molecule has 0 amide bonds. The van der Waals surface area contributed by atoms with Gasteiger partial charge in [-0.2, -0.15) is 5.26 Å². The van der Waals surface area contributed by atoms with E-state index in [0.717, 1.165) is 16.2 Å². The van der Waals surface area contributed by atoms with Gasteiger partial charge in [0.1, 0.15) is 16.7 Å². The first-order valence-electron chi connectivity index (χ1n) is 4.06. The summed E-state index contributed by atoms with van der Waals surface area (Å²) in [4.78, 5) is 1.53. The summed E-state index contributed by atoms with van der Waals surface area (Å²) in [6, 6.07) is 5.74. The highest BCUT2D eigenvalue weighted by molar-refractivity contribution is 7.16. The molecule has 0 aliphatic rings. The Balaban J connectivity index is 2.54. The molecule has 14 heavy (non-hydrogen) atoms. The van der Waals surface area contributed by atoms with Crippen LogP contribution in [0.4, 0.5) is 5.69 Å². The van der Waals surface area contributed by atoms with Gasteiger partial charge in [-0.25, -0.2) is 0 Å². The Kier molecular flexibility index (Phi) is 2.02. The summed E-state index contributed by atoms with van der Waals surface area (Å²) in [6.45, 7) is 1.89. The van der Waals surface area contributed by atoms with Gasteiger partial charge in [-0.15, -0.1) is 11.3 Å². The lowest BCUT2D eigenvalue weighted by molar-refractivity contribution is 0.535. The lowest BCUT2D eigenvalue weighted by Crippen LogP contribution is -1.81. The number of thiophene rings is 1. The number of anilines is 1. The van der Waals surface area contributed by atoms with E-state index >= 15 is 0 Å². The van der Waals surface area contributed by atoms with Gasteiger partial charge in [0.2, 0.25) is 0 Å². The molecular weight excluding hydrogens is 196 g/mol. The molecule has 0 bridgehead atoms. The summed E-state index contributed by atoms with van der Waals surface area (Å²) in [5, 5.41) is 8.76. The van der Waals surface area contributed by atoms with Crippen LogP contribution in [-0.4, -0.2) is 0 Å². The van der Waals surface area contributed by atoms with E-state index in [9.17, 15) is 0 Å². The SMILES string of the molecule is Cc1occc1-c1cc(N)c(C#N)s1. The molecule has 2 heterocycles. The van der Waals surface area contributed by atoms with Gasteiger partial charge < -0.3 is 10.2 Å². The molecule has 0 fully saturated rings. The summed E-state index contributed by atoms with van der Waals surface area (Å²) in [6.07, 6.45) is 1.63. The van der Waals surface area contributed by atoms with E-state index in [1.54, 1.807) is 12.3 Å². The average molecular weight is 204 g/mol. The molecule has 70 valence electrons. The second kappa shape index (κ2) is 3.20. The van der Waals surface area contributed by atoms with E-state index in [4.69, 9.17) is 15.4 Å². The number of furan rings is 1. The number of hydrogen-bond acceptors (Lipinski definition) is 4. The van der Waals surface area contributed by atoms with Crippen molar-refractivity contribution >= 4 is 17.0 Å². The van der Waals surface area contributed by atoms with Crippen LogP contribution in [0.3, 0.4) is 0 Å². The normalized spacial score (nSPS) is 10.0. The highest BCUT2D eigenvalue weighted by Gasteiger charge is 2.10. The highest BCUT2D eigenvalue weighted by Crippen LogP contribution is 2.34. The molecular formula is C10H8N2OS. The third kappa shape index (κ3) is 1.28.